The van der Waals surface area contributed by atoms with Crippen molar-refractivity contribution in [3.63, 3.8) is 0 Å². The quantitative estimate of drug-likeness (QED) is 0.0655. The highest BCUT2D eigenvalue weighted by atomic mass is 28.3. The Morgan fingerprint density at radius 3 is 0.583 bits per heavy atom. The van der Waals surface area contributed by atoms with E-state index in [-0.39, 0.29) is 11.6 Å². The van der Waals surface area contributed by atoms with Crippen molar-refractivity contribution in [2.45, 2.75) is 233 Å². The van der Waals surface area contributed by atoms with E-state index >= 15 is 0 Å². The molecule has 108 heavy (non-hydrogen) atoms. The molecule has 1 aliphatic carbocycles. The predicted octanol–water partition coefficient (Wildman–Crippen LogP) is 29.6. The molecule has 0 fully saturated rings. The fourth-order valence-corrected chi connectivity index (χ4v) is 41.4. The van der Waals surface area contributed by atoms with Crippen LogP contribution >= 0.6 is 0 Å². The van der Waals surface area contributed by atoms with E-state index in [2.05, 4.69) is 345 Å². The van der Waals surface area contributed by atoms with Gasteiger partial charge in [-0.15, -0.1) is 22.2 Å². The number of carbonyl (C=O) groups is 2. The number of carbonyl (C=O) groups excluding carboxylic acids is 2. The summed E-state index contributed by atoms with van der Waals surface area (Å²) in [5.41, 5.74) is 31.0. The van der Waals surface area contributed by atoms with Gasteiger partial charge in [0.05, 0.1) is 0 Å². The van der Waals surface area contributed by atoms with Crippen LogP contribution in [0.5, 0.6) is 0 Å². The minimum atomic E-state index is -2.16. The Hall–Kier alpha value is -8.83. The van der Waals surface area contributed by atoms with Crippen LogP contribution in [0.25, 0.3) is 108 Å². The molecule has 13 rings (SSSR count). The molecule has 12 aromatic carbocycles. The number of hydrogen-bond donors (Lipinski definition) is 0. The molecular weight excluding hydrogens is 1370 g/mol. The van der Waals surface area contributed by atoms with Crippen molar-refractivity contribution >= 4 is 141 Å². The maximum atomic E-state index is 11.6. The fourth-order valence-electron chi connectivity index (χ4n) is 20.6. The van der Waals surface area contributed by atoms with E-state index in [9.17, 15) is 9.59 Å². The highest BCUT2D eigenvalue weighted by Gasteiger charge is 2.45. The summed E-state index contributed by atoms with van der Waals surface area (Å²) in [6, 6.07) is 63.0. The van der Waals surface area contributed by atoms with Crippen molar-refractivity contribution in [1.29, 1.82) is 0 Å². The van der Waals surface area contributed by atoms with Gasteiger partial charge in [0.15, 0.2) is 11.6 Å². The summed E-state index contributed by atoms with van der Waals surface area (Å²) < 4.78 is 0. The standard InChI is InChI=1S/C88H106Si4.C14H8O2/c1-55(2)89(56(3)4,57(5)6)41-37-77-81-47-67-29-25-27-31-69(67)49-83(81)79(39-43-91(61(13)14,62(15)16)63(17)18)87-53-75-45-71(33-35-73(75)51-85(77)87)72-34-36-74-52-86-78(38-42-90(58(7)8,59(9)10)60(11)12)82-48-68-30-26-28-32-70(68)50-84(82)80(88(86)54-76(74)46-72)40-44-92(64(19)20,65(21)22)66(23)24;15-13-5-6-14(16)12-8-10-4-2-1-3-9(10)7-11(12)13/h25-36,45-66H,1-24H3;1-8H. The zero-order valence-corrected chi connectivity index (χ0v) is 73.1. The van der Waals surface area contributed by atoms with Gasteiger partial charge in [0.25, 0.3) is 0 Å². The first-order valence-electron chi connectivity index (χ1n) is 40.4. The highest BCUT2D eigenvalue weighted by molar-refractivity contribution is 6.92. The molecule has 0 saturated carbocycles. The molecule has 0 amide bonds. The van der Waals surface area contributed by atoms with Crippen molar-refractivity contribution in [2.75, 3.05) is 0 Å². The molecule has 0 heterocycles. The van der Waals surface area contributed by atoms with E-state index in [0.29, 0.717) is 77.6 Å². The van der Waals surface area contributed by atoms with Crippen LogP contribution < -0.4 is 0 Å². The van der Waals surface area contributed by atoms with Gasteiger partial charge in [0.1, 0.15) is 32.3 Å². The normalized spacial score (nSPS) is 13.1. The number of benzene rings is 12. The predicted molar refractivity (Wildman–Crippen MR) is 485 cm³/mol. The first-order valence-corrected chi connectivity index (χ1v) is 49.3. The summed E-state index contributed by atoms with van der Waals surface area (Å²) in [6.45, 7) is 58.4. The molecule has 1 aliphatic rings. The van der Waals surface area contributed by atoms with E-state index < -0.39 is 32.3 Å². The van der Waals surface area contributed by atoms with Crippen molar-refractivity contribution < 1.29 is 9.59 Å². The summed E-state index contributed by atoms with van der Waals surface area (Å²) in [4.78, 5) is 23.3. The third-order valence-corrected chi connectivity index (χ3v) is 51.3. The first-order chi connectivity index (χ1) is 51.2. The molecule has 6 heteroatoms. The lowest BCUT2D eigenvalue weighted by atomic mass is 9.88. The minimum absolute atomic E-state index is 0.0969. The van der Waals surface area contributed by atoms with Crippen LogP contribution in [-0.4, -0.2) is 43.9 Å². The Balaban J connectivity index is 0.000000596. The molecule has 12 aromatic rings. The van der Waals surface area contributed by atoms with Gasteiger partial charge in [-0.2, -0.15) is 0 Å². The fraction of sp³-hybridized carbons (Fsp3) is 0.353. The van der Waals surface area contributed by atoms with Gasteiger partial charge in [-0.25, -0.2) is 0 Å². The Labute approximate surface area is 650 Å². The van der Waals surface area contributed by atoms with Crippen LogP contribution in [0.4, 0.5) is 0 Å². The molecule has 0 unspecified atom stereocenters. The van der Waals surface area contributed by atoms with E-state index in [1.807, 2.05) is 24.3 Å². The molecule has 0 saturated heterocycles. The summed E-state index contributed by atoms with van der Waals surface area (Å²) >= 11 is 0. The second-order valence-electron chi connectivity index (χ2n) is 35.3. The molecule has 0 spiro atoms. The van der Waals surface area contributed by atoms with Gasteiger partial charge >= 0.3 is 0 Å². The number of hydrogen-bond acceptors (Lipinski definition) is 2. The van der Waals surface area contributed by atoms with Crippen LogP contribution in [0.15, 0.2) is 182 Å². The van der Waals surface area contributed by atoms with Gasteiger partial charge in [-0.3, -0.25) is 9.59 Å². The van der Waals surface area contributed by atoms with Crippen LogP contribution in [0, 0.1) is 45.9 Å². The van der Waals surface area contributed by atoms with Crippen LogP contribution in [0.3, 0.4) is 0 Å². The molecule has 0 aromatic heterocycles. The zero-order valence-electron chi connectivity index (χ0n) is 69.1. The van der Waals surface area contributed by atoms with Gasteiger partial charge in [0.2, 0.25) is 0 Å². The van der Waals surface area contributed by atoms with Gasteiger partial charge in [-0.1, -0.05) is 287 Å². The maximum Gasteiger partial charge on any atom is 0.186 e. The second-order valence-corrected chi connectivity index (χ2v) is 57.6. The van der Waals surface area contributed by atoms with Crippen molar-refractivity contribution in [2.24, 2.45) is 0 Å². The van der Waals surface area contributed by atoms with Crippen LogP contribution in [-0.2, 0) is 0 Å². The SMILES string of the molecule is CC(C)[Si](C#Cc1c2cc3ccccc3cc2c(C#C[Si](C(C)C)(C(C)C)C(C)C)c2cc3cc(-c4ccc5cc6c(C#C[Si](C(C)C)(C(C)C)C(C)C)c7cc8ccccc8cc7c(C#C[Si](C(C)C)(C(C)C)C(C)C)c6cc5c4)ccc3cc12)(C(C)C)C(C)C.O=C1C=CC(=O)c2cc3ccccc3cc21. The summed E-state index contributed by atoms with van der Waals surface area (Å²) in [5.74, 6) is 16.3. The number of ketones is 2. The highest BCUT2D eigenvalue weighted by Crippen LogP contribution is 2.48. The lowest BCUT2D eigenvalue weighted by molar-refractivity contribution is 0.0994. The number of rotatable bonds is 13. The smallest absolute Gasteiger partial charge is 0.186 e. The maximum absolute atomic E-state index is 11.6. The van der Waals surface area contributed by atoms with Gasteiger partial charge in [-0.05, 0) is 260 Å². The Morgan fingerprint density at radius 2 is 0.389 bits per heavy atom. The average Bonchev–Trinajstić information content (AvgIpc) is 0.731. The number of fused-ring (bicyclic) bond motifs is 10. The molecule has 550 valence electrons. The Morgan fingerprint density at radius 1 is 0.213 bits per heavy atom. The topological polar surface area (TPSA) is 34.1 Å². The van der Waals surface area contributed by atoms with Crippen molar-refractivity contribution in [1.82, 2.24) is 0 Å². The zero-order chi connectivity index (χ0) is 78.0. The molecule has 0 radical (unpaired) electrons. The third kappa shape index (κ3) is 13.8. The molecule has 0 bridgehead atoms. The monoisotopic (exact) mass is 1480 g/mol. The minimum Gasteiger partial charge on any atom is -0.289 e. The summed E-state index contributed by atoms with van der Waals surface area (Å²) in [7, 11) is -8.58. The van der Waals surface area contributed by atoms with Crippen molar-refractivity contribution in [3.8, 4) is 57.0 Å². The summed E-state index contributed by atoms with van der Waals surface area (Å²) in [5, 5.41) is 21.4. The Kier molecular flexibility index (Phi) is 22.5. The average molecular weight is 1480 g/mol. The van der Waals surface area contributed by atoms with E-state index in [0.717, 1.165) is 33.0 Å². The van der Waals surface area contributed by atoms with Crippen LogP contribution in [0.2, 0.25) is 66.5 Å². The molecule has 0 N–H and O–H groups in total. The van der Waals surface area contributed by atoms with E-state index in [1.54, 1.807) is 12.1 Å². The number of allylic oxidation sites excluding steroid dienone is 2. The lowest BCUT2D eigenvalue weighted by Gasteiger charge is -2.38. The molecule has 0 aliphatic heterocycles. The summed E-state index contributed by atoms with van der Waals surface area (Å²) in [6.07, 6.45) is 2.67. The third-order valence-electron chi connectivity index (χ3n) is 26.1. The molecule has 0 atom stereocenters. The van der Waals surface area contributed by atoms with E-state index in [1.165, 1.54) is 109 Å². The molecule has 2 nitrogen and oxygen atoms in total. The second kappa shape index (κ2) is 30.9. The van der Waals surface area contributed by atoms with E-state index in [4.69, 9.17) is 0 Å². The van der Waals surface area contributed by atoms with Crippen LogP contribution in [0.1, 0.15) is 209 Å². The Bertz CT molecular complexity index is 5450. The van der Waals surface area contributed by atoms with Gasteiger partial charge < -0.3 is 0 Å². The first kappa shape index (κ1) is 78.7. The largest absolute Gasteiger partial charge is 0.289 e. The lowest BCUT2D eigenvalue weighted by Crippen LogP contribution is -2.43. The van der Waals surface area contributed by atoms with Crippen molar-refractivity contribution in [3.05, 3.63) is 215 Å². The molecular formula is C102H114O2Si4. The van der Waals surface area contributed by atoms with Gasteiger partial charge in [0, 0.05) is 33.4 Å².